The van der Waals surface area contributed by atoms with Crippen LogP contribution < -0.4 is 0 Å². The third-order valence-electron chi connectivity index (χ3n) is 3.84. The summed E-state index contributed by atoms with van der Waals surface area (Å²) >= 11 is 0. The number of hydrogen-bond acceptors (Lipinski definition) is 4. The number of benzene rings is 1. The minimum Gasteiger partial charge on any atom is -0.508 e. The summed E-state index contributed by atoms with van der Waals surface area (Å²) in [5.74, 6) is 0.407. The summed E-state index contributed by atoms with van der Waals surface area (Å²) in [6, 6.07) is 7.64. The number of phenols is 1. The second-order valence-corrected chi connectivity index (χ2v) is 5.51. The second kappa shape index (κ2) is 6.89. The number of para-hydroxylation sites is 1. The fourth-order valence-electron chi connectivity index (χ4n) is 2.34. The molecule has 1 aromatic carbocycles. The van der Waals surface area contributed by atoms with E-state index in [1.165, 1.54) is 0 Å². The van der Waals surface area contributed by atoms with Gasteiger partial charge in [-0.2, -0.15) is 0 Å². The lowest BCUT2D eigenvalue weighted by Crippen LogP contribution is -2.34. The summed E-state index contributed by atoms with van der Waals surface area (Å²) in [5, 5.41) is 9.88. The Morgan fingerprint density at radius 2 is 1.42 bits per heavy atom. The van der Waals surface area contributed by atoms with Crippen molar-refractivity contribution in [1.29, 1.82) is 0 Å². The SMILES string of the molecule is CN1CCN(C)CCN(Cc2ccccc2O)CC1. The molecule has 4 heteroatoms. The molecule has 1 aromatic rings. The third-order valence-corrected chi connectivity index (χ3v) is 3.84. The van der Waals surface area contributed by atoms with Gasteiger partial charge in [-0.1, -0.05) is 18.2 Å². The van der Waals surface area contributed by atoms with Crippen molar-refractivity contribution in [2.24, 2.45) is 0 Å². The van der Waals surface area contributed by atoms with Gasteiger partial charge in [0.05, 0.1) is 0 Å². The van der Waals surface area contributed by atoms with Crippen LogP contribution in [-0.4, -0.2) is 73.2 Å². The molecule has 1 aliphatic heterocycles. The van der Waals surface area contributed by atoms with E-state index in [-0.39, 0.29) is 0 Å². The van der Waals surface area contributed by atoms with Gasteiger partial charge in [0.2, 0.25) is 0 Å². The van der Waals surface area contributed by atoms with Crippen molar-refractivity contribution in [2.75, 3.05) is 53.4 Å². The molecule has 19 heavy (non-hydrogen) atoms. The molecule has 1 aliphatic rings. The monoisotopic (exact) mass is 263 g/mol. The highest BCUT2D eigenvalue weighted by atomic mass is 16.3. The van der Waals surface area contributed by atoms with Crippen LogP contribution in [0.4, 0.5) is 0 Å². The molecule has 4 nitrogen and oxygen atoms in total. The first-order valence-electron chi connectivity index (χ1n) is 7.01. The average molecular weight is 263 g/mol. The molecule has 1 fully saturated rings. The van der Waals surface area contributed by atoms with Gasteiger partial charge in [0, 0.05) is 51.4 Å². The van der Waals surface area contributed by atoms with Crippen molar-refractivity contribution in [3.05, 3.63) is 29.8 Å². The van der Waals surface area contributed by atoms with Crippen molar-refractivity contribution in [1.82, 2.24) is 14.7 Å². The molecule has 0 atom stereocenters. The average Bonchev–Trinajstić information content (AvgIpc) is 2.47. The summed E-state index contributed by atoms with van der Waals surface area (Å²) in [4.78, 5) is 7.17. The van der Waals surface area contributed by atoms with Crippen LogP contribution in [0, 0.1) is 0 Å². The maximum atomic E-state index is 9.88. The van der Waals surface area contributed by atoms with E-state index in [9.17, 15) is 5.11 Å². The van der Waals surface area contributed by atoms with Crippen LogP contribution in [0.1, 0.15) is 5.56 Å². The number of rotatable bonds is 2. The quantitative estimate of drug-likeness (QED) is 0.864. The van der Waals surface area contributed by atoms with E-state index in [0.717, 1.165) is 51.4 Å². The Labute approximate surface area is 116 Å². The van der Waals surface area contributed by atoms with Crippen molar-refractivity contribution in [3.8, 4) is 5.75 Å². The van der Waals surface area contributed by atoms with Crippen LogP contribution in [0.2, 0.25) is 0 Å². The van der Waals surface area contributed by atoms with Gasteiger partial charge in [0.25, 0.3) is 0 Å². The fourth-order valence-corrected chi connectivity index (χ4v) is 2.34. The van der Waals surface area contributed by atoms with Gasteiger partial charge in [-0.15, -0.1) is 0 Å². The van der Waals surface area contributed by atoms with Gasteiger partial charge >= 0.3 is 0 Å². The highest BCUT2D eigenvalue weighted by Gasteiger charge is 2.13. The third kappa shape index (κ3) is 4.49. The number of nitrogens with zero attached hydrogens (tertiary/aromatic N) is 3. The number of hydrogen-bond donors (Lipinski definition) is 1. The van der Waals surface area contributed by atoms with Crippen LogP contribution >= 0.6 is 0 Å². The zero-order valence-corrected chi connectivity index (χ0v) is 12.0. The van der Waals surface area contributed by atoms with Crippen molar-refractivity contribution in [2.45, 2.75) is 6.54 Å². The highest BCUT2D eigenvalue weighted by Crippen LogP contribution is 2.17. The van der Waals surface area contributed by atoms with Crippen LogP contribution in [-0.2, 0) is 6.54 Å². The standard InChI is InChI=1S/C15H25N3O/c1-16-7-8-17(2)10-12-18(11-9-16)13-14-5-3-4-6-15(14)19/h3-6,19H,7-13H2,1-2H3. The fraction of sp³-hybridized carbons (Fsp3) is 0.600. The lowest BCUT2D eigenvalue weighted by molar-refractivity contribution is 0.226. The predicted molar refractivity (Wildman–Crippen MR) is 78.4 cm³/mol. The lowest BCUT2D eigenvalue weighted by Gasteiger charge is -2.24. The molecular weight excluding hydrogens is 238 g/mol. The summed E-state index contributed by atoms with van der Waals surface area (Å²) < 4.78 is 0. The van der Waals surface area contributed by atoms with Gasteiger partial charge < -0.3 is 14.9 Å². The van der Waals surface area contributed by atoms with Crippen molar-refractivity contribution < 1.29 is 5.11 Å². The molecule has 0 radical (unpaired) electrons. The highest BCUT2D eigenvalue weighted by molar-refractivity contribution is 5.31. The van der Waals surface area contributed by atoms with Gasteiger partial charge in [0.15, 0.2) is 0 Å². The molecule has 0 aliphatic carbocycles. The Balaban J connectivity index is 1.99. The second-order valence-electron chi connectivity index (χ2n) is 5.51. The molecule has 0 spiro atoms. The number of aromatic hydroxyl groups is 1. The van der Waals surface area contributed by atoms with E-state index in [4.69, 9.17) is 0 Å². The van der Waals surface area contributed by atoms with Crippen molar-refractivity contribution >= 4 is 0 Å². The Morgan fingerprint density at radius 3 is 2.00 bits per heavy atom. The molecule has 0 aromatic heterocycles. The van der Waals surface area contributed by atoms with Gasteiger partial charge in [-0.05, 0) is 20.2 Å². The first kappa shape index (κ1) is 14.3. The molecule has 1 N–H and O–H groups in total. The van der Waals surface area contributed by atoms with Crippen LogP contribution in [0.15, 0.2) is 24.3 Å². The van der Waals surface area contributed by atoms with Gasteiger partial charge in [0.1, 0.15) is 5.75 Å². The zero-order chi connectivity index (χ0) is 13.7. The Hall–Kier alpha value is -1.10. The predicted octanol–water partition coefficient (Wildman–Crippen LogP) is 1.07. The van der Waals surface area contributed by atoms with E-state index in [2.05, 4.69) is 28.8 Å². The first-order valence-corrected chi connectivity index (χ1v) is 7.01. The number of phenolic OH excluding ortho intramolecular Hbond substituents is 1. The maximum Gasteiger partial charge on any atom is 0.120 e. The molecule has 1 saturated heterocycles. The normalized spacial score (nSPS) is 20.7. The molecular formula is C15H25N3O. The van der Waals surface area contributed by atoms with E-state index >= 15 is 0 Å². The number of likely N-dealkylation sites (N-methyl/N-ethyl adjacent to an activating group) is 2. The van der Waals surface area contributed by atoms with E-state index in [0.29, 0.717) is 5.75 Å². The van der Waals surface area contributed by atoms with Crippen LogP contribution in [0.5, 0.6) is 5.75 Å². The summed E-state index contributed by atoms with van der Waals surface area (Å²) in [6.07, 6.45) is 0. The molecule has 1 heterocycles. The van der Waals surface area contributed by atoms with E-state index in [1.54, 1.807) is 6.07 Å². The maximum absolute atomic E-state index is 9.88. The zero-order valence-electron chi connectivity index (χ0n) is 12.0. The molecule has 0 bridgehead atoms. The Kier molecular flexibility index (Phi) is 5.19. The summed E-state index contributed by atoms with van der Waals surface area (Å²) in [6.45, 7) is 7.36. The molecule has 0 amide bonds. The van der Waals surface area contributed by atoms with Gasteiger partial charge in [-0.3, -0.25) is 4.90 Å². The first-order chi connectivity index (χ1) is 9.15. The summed E-state index contributed by atoms with van der Waals surface area (Å²) in [5.41, 5.74) is 1.02. The van der Waals surface area contributed by atoms with E-state index < -0.39 is 0 Å². The largest absolute Gasteiger partial charge is 0.508 e. The topological polar surface area (TPSA) is 30.0 Å². The summed E-state index contributed by atoms with van der Waals surface area (Å²) in [7, 11) is 4.36. The molecule has 0 saturated carbocycles. The minimum atomic E-state index is 0.407. The van der Waals surface area contributed by atoms with Crippen LogP contribution in [0.25, 0.3) is 0 Å². The van der Waals surface area contributed by atoms with Crippen molar-refractivity contribution in [3.63, 3.8) is 0 Å². The Morgan fingerprint density at radius 1 is 0.895 bits per heavy atom. The smallest absolute Gasteiger partial charge is 0.120 e. The van der Waals surface area contributed by atoms with Gasteiger partial charge in [-0.25, -0.2) is 0 Å². The Bertz CT molecular complexity index is 383. The minimum absolute atomic E-state index is 0.407. The van der Waals surface area contributed by atoms with Crippen LogP contribution in [0.3, 0.4) is 0 Å². The van der Waals surface area contributed by atoms with E-state index in [1.807, 2.05) is 18.2 Å². The molecule has 106 valence electrons. The molecule has 2 rings (SSSR count). The lowest BCUT2D eigenvalue weighted by atomic mass is 10.2. The molecule has 0 unspecified atom stereocenters.